The second-order valence-electron chi connectivity index (χ2n) is 7.46. The Labute approximate surface area is 192 Å². The van der Waals surface area contributed by atoms with Gasteiger partial charge in [-0.2, -0.15) is 0 Å². The molecule has 2 heterocycles. The van der Waals surface area contributed by atoms with E-state index in [-0.39, 0.29) is 12.3 Å². The predicted molar refractivity (Wildman–Crippen MR) is 126 cm³/mol. The minimum absolute atomic E-state index is 0.124. The first-order chi connectivity index (χ1) is 16.1. The number of anilines is 1. The minimum Gasteiger partial charge on any atom is -0.497 e. The highest BCUT2D eigenvalue weighted by Gasteiger charge is 2.14. The van der Waals surface area contributed by atoms with Crippen molar-refractivity contribution in [1.82, 2.24) is 14.5 Å². The Kier molecular flexibility index (Phi) is 6.73. The highest BCUT2D eigenvalue weighted by Crippen LogP contribution is 2.26. The summed E-state index contributed by atoms with van der Waals surface area (Å²) in [6.45, 7) is 0.599. The van der Waals surface area contributed by atoms with Crippen LogP contribution in [-0.4, -0.2) is 41.8 Å². The molecule has 0 aliphatic heterocycles. The summed E-state index contributed by atoms with van der Waals surface area (Å²) in [7, 11) is 4.79. The average molecular weight is 447 g/mol. The Hall–Kier alpha value is -4.07. The molecule has 1 amide bonds. The number of nitrogens with one attached hydrogen (secondary N) is 1. The van der Waals surface area contributed by atoms with Crippen molar-refractivity contribution < 1.29 is 19.0 Å². The van der Waals surface area contributed by atoms with Gasteiger partial charge >= 0.3 is 0 Å². The minimum atomic E-state index is -0.124. The molecule has 170 valence electrons. The molecule has 8 nitrogen and oxygen atoms in total. The van der Waals surface area contributed by atoms with E-state index < -0.39 is 0 Å². The summed E-state index contributed by atoms with van der Waals surface area (Å²) in [6, 6.07) is 16.9. The van der Waals surface area contributed by atoms with Crippen LogP contribution in [0.3, 0.4) is 0 Å². The van der Waals surface area contributed by atoms with Gasteiger partial charge < -0.3 is 24.1 Å². The molecule has 4 rings (SSSR count). The molecule has 0 fully saturated rings. The summed E-state index contributed by atoms with van der Waals surface area (Å²) in [5, 5.41) is 2.91. The number of imidazole rings is 1. The Bertz CT molecular complexity index is 1230. The zero-order chi connectivity index (χ0) is 23.2. The number of nitrogens with zero attached hydrogens (tertiary/aromatic N) is 3. The Morgan fingerprint density at radius 1 is 0.939 bits per heavy atom. The number of pyridine rings is 1. The van der Waals surface area contributed by atoms with Gasteiger partial charge in [0.05, 0.1) is 27.9 Å². The monoisotopic (exact) mass is 446 g/mol. The van der Waals surface area contributed by atoms with Crippen LogP contribution in [0, 0.1) is 0 Å². The molecule has 0 aliphatic carbocycles. The molecular formula is C25H26N4O4. The fraction of sp³-hybridized carbons (Fsp3) is 0.240. The van der Waals surface area contributed by atoms with Crippen LogP contribution in [0.15, 0.2) is 60.8 Å². The van der Waals surface area contributed by atoms with Gasteiger partial charge in [0.25, 0.3) is 0 Å². The van der Waals surface area contributed by atoms with Gasteiger partial charge in [-0.05, 0) is 29.8 Å². The summed E-state index contributed by atoms with van der Waals surface area (Å²) < 4.78 is 17.8. The number of hydrogen-bond acceptors (Lipinski definition) is 6. The first-order valence-electron chi connectivity index (χ1n) is 10.6. The third-order valence-electron chi connectivity index (χ3n) is 5.29. The van der Waals surface area contributed by atoms with E-state index in [9.17, 15) is 4.79 Å². The van der Waals surface area contributed by atoms with E-state index in [1.54, 1.807) is 45.7 Å². The van der Waals surface area contributed by atoms with Crippen molar-refractivity contribution >= 4 is 22.8 Å². The zero-order valence-corrected chi connectivity index (χ0v) is 18.9. The van der Waals surface area contributed by atoms with Gasteiger partial charge in [0.1, 0.15) is 28.6 Å². The summed E-state index contributed by atoms with van der Waals surface area (Å²) in [5.74, 6) is 2.70. The van der Waals surface area contributed by atoms with Crippen LogP contribution in [0.1, 0.15) is 17.8 Å². The number of hydrogen-bond donors (Lipinski definition) is 1. The second kappa shape index (κ2) is 10.0. The number of carbonyl (C=O) groups excluding carboxylic acids is 1. The lowest BCUT2D eigenvalue weighted by molar-refractivity contribution is -0.116. The molecule has 2 aromatic carbocycles. The van der Waals surface area contributed by atoms with E-state index in [0.717, 1.165) is 28.3 Å². The SMILES string of the molecule is COc1ccc(Cn2c(CCC(=O)Nc3cc(OC)cc(OC)c3)nc3cccnc32)cc1. The first kappa shape index (κ1) is 22.1. The van der Waals surface area contributed by atoms with E-state index >= 15 is 0 Å². The van der Waals surface area contributed by atoms with Gasteiger partial charge in [-0.15, -0.1) is 0 Å². The number of ether oxygens (including phenoxy) is 3. The zero-order valence-electron chi connectivity index (χ0n) is 18.9. The van der Waals surface area contributed by atoms with E-state index in [1.165, 1.54) is 0 Å². The second-order valence-corrected chi connectivity index (χ2v) is 7.46. The molecule has 0 radical (unpaired) electrons. The standard InChI is InChI=1S/C25H26N4O4/c1-31-19-8-6-17(7-9-19)16-29-23(28-22-5-4-12-26-25(22)29)10-11-24(30)27-18-13-20(32-2)15-21(14-18)33-3/h4-9,12-15H,10-11,16H2,1-3H3,(H,27,30). The lowest BCUT2D eigenvalue weighted by atomic mass is 10.2. The smallest absolute Gasteiger partial charge is 0.224 e. The molecule has 8 heteroatoms. The van der Waals surface area contributed by atoms with Crippen molar-refractivity contribution in [1.29, 1.82) is 0 Å². The summed E-state index contributed by atoms with van der Waals surface area (Å²) >= 11 is 0. The van der Waals surface area contributed by atoms with Crippen LogP contribution in [0.5, 0.6) is 17.2 Å². The van der Waals surface area contributed by atoms with Crippen LogP contribution < -0.4 is 19.5 Å². The van der Waals surface area contributed by atoms with Crippen molar-refractivity contribution in [3.8, 4) is 17.2 Å². The number of methoxy groups -OCH3 is 3. The van der Waals surface area contributed by atoms with E-state index in [1.807, 2.05) is 36.4 Å². The van der Waals surface area contributed by atoms with Gasteiger partial charge in [-0.3, -0.25) is 4.79 Å². The number of amides is 1. The number of aryl methyl sites for hydroxylation is 1. The predicted octanol–water partition coefficient (Wildman–Crippen LogP) is 4.08. The number of carbonyl (C=O) groups is 1. The van der Waals surface area contributed by atoms with Gasteiger partial charge in [0.15, 0.2) is 5.65 Å². The maximum absolute atomic E-state index is 12.7. The van der Waals surface area contributed by atoms with Crippen LogP contribution in [0.25, 0.3) is 11.2 Å². The highest BCUT2D eigenvalue weighted by atomic mass is 16.5. The van der Waals surface area contributed by atoms with Gasteiger partial charge in [-0.25, -0.2) is 9.97 Å². The maximum atomic E-state index is 12.7. The molecule has 33 heavy (non-hydrogen) atoms. The summed E-state index contributed by atoms with van der Waals surface area (Å²) in [4.78, 5) is 21.9. The molecule has 0 bridgehead atoms. The molecule has 0 saturated carbocycles. The molecule has 0 aliphatic rings. The van der Waals surface area contributed by atoms with E-state index in [0.29, 0.717) is 30.2 Å². The third kappa shape index (κ3) is 5.23. The Balaban J connectivity index is 1.51. The van der Waals surface area contributed by atoms with Crippen LogP contribution in [0.4, 0.5) is 5.69 Å². The Morgan fingerprint density at radius 2 is 1.64 bits per heavy atom. The van der Waals surface area contributed by atoms with Crippen molar-refractivity contribution in [2.45, 2.75) is 19.4 Å². The fourth-order valence-electron chi connectivity index (χ4n) is 3.60. The van der Waals surface area contributed by atoms with E-state index in [4.69, 9.17) is 19.2 Å². The molecule has 0 saturated heterocycles. The lowest BCUT2D eigenvalue weighted by Gasteiger charge is -2.11. The normalized spacial score (nSPS) is 10.8. The highest BCUT2D eigenvalue weighted by molar-refractivity contribution is 5.91. The average Bonchev–Trinajstić information content (AvgIpc) is 3.20. The van der Waals surface area contributed by atoms with Crippen molar-refractivity contribution in [3.05, 3.63) is 72.2 Å². The van der Waals surface area contributed by atoms with Crippen LogP contribution in [-0.2, 0) is 17.8 Å². The molecular weight excluding hydrogens is 420 g/mol. The number of fused-ring (bicyclic) bond motifs is 1. The molecule has 0 unspecified atom stereocenters. The maximum Gasteiger partial charge on any atom is 0.224 e. The van der Waals surface area contributed by atoms with Gasteiger partial charge in [0.2, 0.25) is 5.91 Å². The molecule has 0 atom stereocenters. The third-order valence-corrected chi connectivity index (χ3v) is 5.29. The van der Waals surface area contributed by atoms with Crippen LogP contribution >= 0.6 is 0 Å². The van der Waals surface area contributed by atoms with Crippen LogP contribution in [0.2, 0.25) is 0 Å². The number of aromatic nitrogens is 3. The Morgan fingerprint density at radius 3 is 2.30 bits per heavy atom. The number of benzene rings is 2. The largest absolute Gasteiger partial charge is 0.497 e. The molecule has 1 N–H and O–H groups in total. The van der Waals surface area contributed by atoms with Gasteiger partial charge in [-0.1, -0.05) is 12.1 Å². The molecule has 2 aromatic heterocycles. The fourth-order valence-corrected chi connectivity index (χ4v) is 3.60. The lowest BCUT2D eigenvalue weighted by Crippen LogP contribution is -2.14. The topological polar surface area (TPSA) is 87.5 Å². The molecule has 4 aromatic rings. The quantitative estimate of drug-likeness (QED) is 0.417. The summed E-state index contributed by atoms with van der Waals surface area (Å²) in [6.07, 6.45) is 2.49. The van der Waals surface area contributed by atoms with Crippen molar-refractivity contribution in [3.63, 3.8) is 0 Å². The summed E-state index contributed by atoms with van der Waals surface area (Å²) in [5.41, 5.74) is 3.31. The number of rotatable bonds is 9. The van der Waals surface area contributed by atoms with Crippen molar-refractivity contribution in [2.75, 3.05) is 26.6 Å². The molecule has 0 spiro atoms. The first-order valence-corrected chi connectivity index (χ1v) is 10.6. The van der Waals surface area contributed by atoms with Crippen molar-refractivity contribution in [2.24, 2.45) is 0 Å². The van der Waals surface area contributed by atoms with Gasteiger partial charge in [0, 0.05) is 42.9 Å². The van der Waals surface area contributed by atoms with E-state index in [2.05, 4.69) is 14.9 Å².